The molecule has 5 nitrogen and oxygen atoms in total. The fourth-order valence-electron chi connectivity index (χ4n) is 1.96. The van der Waals surface area contributed by atoms with Gasteiger partial charge in [0.15, 0.2) is 0 Å². The first-order valence-electron chi connectivity index (χ1n) is 5.61. The van der Waals surface area contributed by atoms with Crippen molar-refractivity contribution >= 4 is 10.2 Å². The third-order valence-corrected chi connectivity index (χ3v) is 4.93. The summed E-state index contributed by atoms with van der Waals surface area (Å²) < 4.78 is 27.1. The highest BCUT2D eigenvalue weighted by molar-refractivity contribution is 7.86. The summed E-state index contributed by atoms with van der Waals surface area (Å²) in [5.41, 5.74) is 0. The molecule has 1 rings (SSSR count). The van der Waals surface area contributed by atoms with E-state index in [4.69, 9.17) is 11.7 Å². The Morgan fingerprint density at radius 1 is 1.47 bits per heavy atom. The lowest BCUT2D eigenvalue weighted by Crippen LogP contribution is -2.49. The molecular formula is C11H17N3O2S. The van der Waals surface area contributed by atoms with Gasteiger partial charge in [0.1, 0.15) is 6.54 Å². The van der Waals surface area contributed by atoms with E-state index in [1.54, 1.807) is 0 Å². The Morgan fingerprint density at radius 2 is 2.18 bits per heavy atom. The minimum absolute atomic E-state index is 0.0206. The molecule has 94 valence electrons. The zero-order valence-electron chi connectivity index (χ0n) is 9.96. The fourth-order valence-corrected chi connectivity index (χ4v) is 3.64. The van der Waals surface area contributed by atoms with Crippen molar-refractivity contribution in [2.24, 2.45) is 0 Å². The second-order valence-corrected chi connectivity index (χ2v) is 5.97. The summed E-state index contributed by atoms with van der Waals surface area (Å²) in [4.78, 5) is 0. The van der Waals surface area contributed by atoms with Crippen LogP contribution in [-0.4, -0.2) is 42.7 Å². The average Bonchev–Trinajstić information content (AvgIpc) is 2.29. The maximum absolute atomic E-state index is 12.3. The number of hydrogen-bond donors (Lipinski definition) is 0. The Hall–Kier alpha value is -1.08. The molecule has 0 aliphatic carbocycles. The number of hydrogen-bond acceptors (Lipinski definition) is 3. The first kappa shape index (κ1) is 14.0. The van der Waals surface area contributed by atoms with Gasteiger partial charge >= 0.3 is 0 Å². The van der Waals surface area contributed by atoms with Crippen molar-refractivity contribution in [2.75, 3.05) is 19.6 Å². The highest BCUT2D eigenvalue weighted by atomic mass is 32.2. The van der Waals surface area contributed by atoms with Crippen LogP contribution in [0.3, 0.4) is 0 Å². The number of nitrogens with zero attached hydrogens (tertiary/aromatic N) is 3. The van der Waals surface area contributed by atoms with Gasteiger partial charge in [-0.3, -0.25) is 0 Å². The number of piperidine rings is 1. The quantitative estimate of drug-likeness (QED) is 0.545. The second kappa shape index (κ2) is 6.02. The monoisotopic (exact) mass is 255 g/mol. The summed E-state index contributed by atoms with van der Waals surface area (Å²) in [6.45, 7) is 2.14. The molecule has 17 heavy (non-hydrogen) atoms. The van der Waals surface area contributed by atoms with Gasteiger partial charge in [0, 0.05) is 12.6 Å². The van der Waals surface area contributed by atoms with Gasteiger partial charge in [-0.25, -0.2) is 0 Å². The highest BCUT2D eigenvalue weighted by Gasteiger charge is 2.33. The van der Waals surface area contributed by atoms with Crippen molar-refractivity contribution in [1.29, 1.82) is 5.26 Å². The van der Waals surface area contributed by atoms with E-state index in [1.165, 1.54) is 4.31 Å². The van der Waals surface area contributed by atoms with Gasteiger partial charge in [0.05, 0.1) is 12.6 Å². The van der Waals surface area contributed by atoms with E-state index in [-0.39, 0.29) is 19.1 Å². The molecule has 6 heteroatoms. The molecule has 1 aliphatic heterocycles. The van der Waals surface area contributed by atoms with Gasteiger partial charge in [-0.05, 0) is 19.8 Å². The van der Waals surface area contributed by atoms with E-state index in [9.17, 15) is 8.42 Å². The summed E-state index contributed by atoms with van der Waals surface area (Å²) in [5.74, 6) is 2.28. The molecule has 0 aromatic rings. The summed E-state index contributed by atoms with van der Waals surface area (Å²) in [5, 5.41) is 8.65. The molecule has 0 N–H and O–H groups in total. The zero-order valence-corrected chi connectivity index (χ0v) is 10.8. The Labute approximate surface area is 103 Å². The maximum Gasteiger partial charge on any atom is 0.284 e. The molecule has 1 heterocycles. The van der Waals surface area contributed by atoms with Gasteiger partial charge in [0.2, 0.25) is 0 Å². The number of nitriles is 1. The molecule has 1 fully saturated rings. The lowest BCUT2D eigenvalue weighted by atomic mass is 10.1. The topological polar surface area (TPSA) is 64.4 Å². The largest absolute Gasteiger partial charge is 0.284 e. The van der Waals surface area contributed by atoms with E-state index in [0.29, 0.717) is 6.54 Å². The Bertz CT molecular complexity index is 417. The second-order valence-electron chi connectivity index (χ2n) is 4.09. The number of rotatable bonds is 4. The van der Waals surface area contributed by atoms with Crippen molar-refractivity contribution in [2.45, 2.75) is 32.2 Å². The molecule has 0 spiro atoms. The van der Waals surface area contributed by atoms with Crippen LogP contribution >= 0.6 is 0 Å². The van der Waals surface area contributed by atoms with Crippen LogP contribution in [0.4, 0.5) is 0 Å². The molecule has 0 radical (unpaired) electrons. The molecule has 1 unspecified atom stereocenters. The van der Waals surface area contributed by atoms with Crippen LogP contribution in [-0.2, 0) is 10.2 Å². The van der Waals surface area contributed by atoms with Crippen LogP contribution in [0.2, 0.25) is 0 Å². The molecule has 1 aliphatic rings. The van der Waals surface area contributed by atoms with Crippen molar-refractivity contribution in [3.63, 3.8) is 0 Å². The first-order valence-corrected chi connectivity index (χ1v) is 7.01. The van der Waals surface area contributed by atoms with Crippen LogP contribution in [0.25, 0.3) is 0 Å². The van der Waals surface area contributed by atoms with Crippen LogP contribution in [0, 0.1) is 23.7 Å². The predicted octanol–water partition coefficient (Wildman–Crippen LogP) is 0.564. The van der Waals surface area contributed by atoms with Gasteiger partial charge in [-0.1, -0.05) is 12.3 Å². The van der Waals surface area contributed by atoms with Crippen molar-refractivity contribution < 1.29 is 8.42 Å². The number of terminal acetylenes is 1. The SMILES string of the molecule is C#CCN(CC#N)S(=O)(=O)N1CCCCC1C. The van der Waals surface area contributed by atoms with E-state index in [1.807, 2.05) is 13.0 Å². The molecule has 0 bridgehead atoms. The maximum atomic E-state index is 12.3. The molecule has 1 atom stereocenters. The van der Waals surface area contributed by atoms with Crippen molar-refractivity contribution in [1.82, 2.24) is 8.61 Å². The Balaban J connectivity index is 2.91. The zero-order chi connectivity index (χ0) is 12.9. The standard InChI is InChI=1S/C11H17N3O2S/c1-3-8-13(10-7-12)17(15,16)14-9-5-4-6-11(14)2/h1,11H,4-6,8-10H2,2H3. The van der Waals surface area contributed by atoms with E-state index < -0.39 is 10.2 Å². The van der Waals surface area contributed by atoms with Gasteiger partial charge < -0.3 is 0 Å². The highest BCUT2D eigenvalue weighted by Crippen LogP contribution is 2.21. The minimum atomic E-state index is -3.60. The van der Waals surface area contributed by atoms with Crippen LogP contribution in [0.1, 0.15) is 26.2 Å². The lowest BCUT2D eigenvalue weighted by Gasteiger charge is -2.35. The van der Waals surface area contributed by atoms with Crippen LogP contribution < -0.4 is 0 Å². The summed E-state index contributed by atoms with van der Waals surface area (Å²) in [6.07, 6.45) is 7.90. The van der Waals surface area contributed by atoms with E-state index >= 15 is 0 Å². The third-order valence-electron chi connectivity index (χ3n) is 2.88. The summed E-state index contributed by atoms with van der Waals surface area (Å²) in [6, 6.07) is 1.82. The Kier molecular flexibility index (Phi) is 4.95. The molecule has 1 saturated heterocycles. The molecule has 0 aromatic carbocycles. The fraction of sp³-hybridized carbons (Fsp3) is 0.727. The van der Waals surface area contributed by atoms with Crippen LogP contribution in [0.5, 0.6) is 0 Å². The van der Waals surface area contributed by atoms with Crippen molar-refractivity contribution in [3.8, 4) is 18.4 Å². The van der Waals surface area contributed by atoms with Crippen molar-refractivity contribution in [3.05, 3.63) is 0 Å². The van der Waals surface area contributed by atoms with E-state index in [2.05, 4.69) is 5.92 Å². The van der Waals surface area contributed by atoms with Gasteiger partial charge in [-0.15, -0.1) is 6.42 Å². The smallest absolute Gasteiger partial charge is 0.197 e. The van der Waals surface area contributed by atoms with Gasteiger partial charge in [-0.2, -0.15) is 22.3 Å². The predicted molar refractivity (Wildman–Crippen MR) is 65.0 cm³/mol. The normalized spacial score (nSPS) is 22.0. The molecule has 0 amide bonds. The summed E-state index contributed by atoms with van der Waals surface area (Å²) in [7, 11) is -3.60. The Morgan fingerprint density at radius 3 is 2.71 bits per heavy atom. The molecular weight excluding hydrogens is 238 g/mol. The lowest BCUT2D eigenvalue weighted by molar-refractivity contribution is 0.250. The molecule has 0 saturated carbocycles. The summed E-state index contributed by atoms with van der Waals surface area (Å²) >= 11 is 0. The molecule has 0 aromatic heterocycles. The van der Waals surface area contributed by atoms with E-state index in [0.717, 1.165) is 23.6 Å². The minimum Gasteiger partial charge on any atom is -0.197 e. The average molecular weight is 255 g/mol. The first-order chi connectivity index (χ1) is 8.04. The third kappa shape index (κ3) is 3.19. The van der Waals surface area contributed by atoms with Gasteiger partial charge in [0.25, 0.3) is 10.2 Å². The van der Waals surface area contributed by atoms with Crippen LogP contribution in [0.15, 0.2) is 0 Å².